The maximum atomic E-state index is 13.7. The van der Waals surface area contributed by atoms with Crippen LogP contribution in [0.4, 0.5) is 4.79 Å². The molecule has 0 unspecified atom stereocenters. The summed E-state index contributed by atoms with van der Waals surface area (Å²) in [5, 5.41) is 3.10. The van der Waals surface area contributed by atoms with Crippen molar-refractivity contribution in [1.29, 1.82) is 0 Å². The van der Waals surface area contributed by atoms with Crippen molar-refractivity contribution in [2.75, 3.05) is 40.5 Å². The molecule has 33 heavy (non-hydrogen) atoms. The number of amides is 3. The third kappa shape index (κ3) is 4.91. The fourth-order valence-corrected chi connectivity index (χ4v) is 5.05. The van der Waals surface area contributed by atoms with Gasteiger partial charge < -0.3 is 19.2 Å². The van der Waals surface area contributed by atoms with E-state index in [-0.39, 0.29) is 24.4 Å². The number of benzene rings is 1. The van der Waals surface area contributed by atoms with Crippen LogP contribution in [0.2, 0.25) is 0 Å². The lowest BCUT2D eigenvalue weighted by molar-refractivity contribution is -0.134. The predicted molar refractivity (Wildman–Crippen MR) is 123 cm³/mol. The van der Waals surface area contributed by atoms with Gasteiger partial charge in [0.1, 0.15) is 22.8 Å². The SMILES string of the molecule is COCCN1C(=O)N[C@](Cc2cccc(OC)c2)(C2CCN(Cc3ccc(C)o3)CC2)C1=O. The number of nitrogens with zero attached hydrogens (tertiary/aromatic N) is 2. The number of nitrogens with one attached hydrogen (secondary N) is 1. The molecule has 3 heterocycles. The Morgan fingerprint density at radius 3 is 2.61 bits per heavy atom. The molecule has 0 aliphatic carbocycles. The summed E-state index contributed by atoms with van der Waals surface area (Å²) in [7, 11) is 3.19. The van der Waals surface area contributed by atoms with Gasteiger partial charge in [-0.1, -0.05) is 12.1 Å². The predicted octanol–water partition coefficient (Wildman–Crippen LogP) is 2.99. The highest BCUT2D eigenvalue weighted by atomic mass is 16.5. The molecule has 2 fully saturated rings. The summed E-state index contributed by atoms with van der Waals surface area (Å²) in [6.45, 7) is 4.94. The molecule has 3 amide bonds. The third-order valence-corrected chi connectivity index (χ3v) is 6.80. The second kappa shape index (κ2) is 9.97. The zero-order valence-electron chi connectivity index (χ0n) is 19.6. The Kier molecular flexibility index (Phi) is 7.05. The van der Waals surface area contributed by atoms with Crippen LogP contribution < -0.4 is 10.1 Å². The number of carbonyl (C=O) groups excluding carboxylic acids is 2. The van der Waals surface area contributed by atoms with Crippen LogP contribution in [0.1, 0.15) is 29.9 Å². The van der Waals surface area contributed by atoms with E-state index in [2.05, 4.69) is 10.2 Å². The molecule has 0 radical (unpaired) electrons. The number of rotatable bonds is 9. The Balaban J connectivity index is 1.54. The molecule has 0 spiro atoms. The smallest absolute Gasteiger partial charge is 0.325 e. The first-order chi connectivity index (χ1) is 15.9. The van der Waals surface area contributed by atoms with Crippen LogP contribution in [0, 0.1) is 12.8 Å². The molecule has 0 saturated carbocycles. The van der Waals surface area contributed by atoms with Gasteiger partial charge in [0.15, 0.2) is 0 Å². The monoisotopic (exact) mass is 455 g/mol. The number of hydrogen-bond donors (Lipinski definition) is 1. The Morgan fingerprint density at radius 2 is 1.94 bits per heavy atom. The maximum absolute atomic E-state index is 13.7. The largest absolute Gasteiger partial charge is 0.497 e. The molecule has 2 aliphatic rings. The lowest BCUT2D eigenvalue weighted by Crippen LogP contribution is -2.57. The van der Waals surface area contributed by atoms with Crippen LogP contribution in [-0.4, -0.2) is 67.7 Å². The van der Waals surface area contributed by atoms with Gasteiger partial charge in [-0.2, -0.15) is 0 Å². The molecular weight excluding hydrogens is 422 g/mol. The summed E-state index contributed by atoms with van der Waals surface area (Å²) in [6.07, 6.45) is 2.06. The van der Waals surface area contributed by atoms with Crippen LogP contribution in [0.3, 0.4) is 0 Å². The second-order valence-corrected chi connectivity index (χ2v) is 8.94. The van der Waals surface area contributed by atoms with Gasteiger partial charge in [0.25, 0.3) is 5.91 Å². The number of hydrogen-bond acceptors (Lipinski definition) is 6. The Bertz CT molecular complexity index is 982. The minimum atomic E-state index is -0.968. The first-order valence-corrected chi connectivity index (χ1v) is 11.5. The van der Waals surface area contributed by atoms with Crippen molar-refractivity contribution >= 4 is 11.9 Å². The average molecular weight is 456 g/mol. The number of furan rings is 1. The van der Waals surface area contributed by atoms with Gasteiger partial charge in [-0.15, -0.1) is 0 Å². The number of carbonyl (C=O) groups is 2. The van der Waals surface area contributed by atoms with Crippen LogP contribution >= 0.6 is 0 Å². The fourth-order valence-electron chi connectivity index (χ4n) is 5.05. The molecule has 1 N–H and O–H groups in total. The van der Waals surface area contributed by atoms with Crippen molar-refractivity contribution < 1.29 is 23.5 Å². The quantitative estimate of drug-likeness (QED) is 0.586. The zero-order valence-corrected chi connectivity index (χ0v) is 19.6. The molecule has 0 bridgehead atoms. The van der Waals surface area contributed by atoms with E-state index in [9.17, 15) is 9.59 Å². The number of methoxy groups -OCH3 is 2. The minimum Gasteiger partial charge on any atom is -0.497 e. The van der Waals surface area contributed by atoms with Gasteiger partial charge in [0, 0.05) is 13.5 Å². The summed E-state index contributed by atoms with van der Waals surface area (Å²) < 4.78 is 16.2. The van der Waals surface area contributed by atoms with Crippen molar-refractivity contribution in [3.63, 3.8) is 0 Å². The first-order valence-electron chi connectivity index (χ1n) is 11.5. The summed E-state index contributed by atoms with van der Waals surface area (Å²) in [4.78, 5) is 30.2. The Morgan fingerprint density at radius 1 is 1.15 bits per heavy atom. The molecule has 178 valence electrons. The normalized spacial score (nSPS) is 22.1. The van der Waals surface area contributed by atoms with Gasteiger partial charge in [-0.05, 0) is 68.6 Å². The van der Waals surface area contributed by atoms with E-state index in [0.29, 0.717) is 13.0 Å². The summed E-state index contributed by atoms with van der Waals surface area (Å²) in [5.74, 6) is 2.47. The highest BCUT2D eigenvalue weighted by Gasteiger charge is 2.55. The molecule has 2 aromatic rings. The average Bonchev–Trinajstić information content (AvgIpc) is 3.33. The summed E-state index contributed by atoms with van der Waals surface area (Å²) >= 11 is 0. The van der Waals surface area contributed by atoms with E-state index >= 15 is 0 Å². The van der Waals surface area contributed by atoms with Crippen molar-refractivity contribution in [2.45, 2.75) is 38.3 Å². The van der Waals surface area contributed by atoms with Crippen LogP contribution in [0.5, 0.6) is 5.75 Å². The van der Waals surface area contributed by atoms with Gasteiger partial charge in [-0.3, -0.25) is 14.6 Å². The van der Waals surface area contributed by atoms with Gasteiger partial charge in [0.05, 0.1) is 26.8 Å². The van der Waals surface area contributed by atoms with Gasteiger partial charge in [-0.25, -0.2) is 4.79 Å². The van der Waals surface area contributed by atoms with E-state index in [4.69, 9.17) is 13.9 Å². The maximum Gasteiger partial charge on any atom is 0.325 e. The highest BCUT2D eigenvalue weighted by molar-refractivity contribution is 6.07. The standard InChI is InChI=1S/C25H33N3O5/c1-18-7-8-22(33-18)17-27-11-9-20(10-12-27)25(16-19-5-4-6-21(15-19)32-3)23(29)28(13-14-31-2)24(30)26-25/h4-8,15,20H,9-14,16-17H2,1-3H3,(H,26,30)/t25-/m1/s1. The molecule has 1 aromatic heterocycles. The molecule has 8 heteroatoms. The van der Waals surface area contributed by atoms with E-state index in [0.717, 1.165) is 55.3 Å². The van der Waals surface area contributed by atoms with Crippen molar-refractivity contribution in [2.24, 2.45) is 5.92 Å². The number of imide groups is 1. The van der Waals surface area contributed by atoms with Crippen LogP contribution in [-0.2, 0) is 22.5 Å². The Labute approximate surface area is 194 Å². The molecular formula is C25H33N3O5. The van der Waals surface area contributed by atoms with E-state index < -0.39 is 5.54 Å². The number of piperidine rings is 1. The lowest BCUT2D eigenvalue weighted by Gasteiger charge is -2.41. The lowest BCUT2D eigenvalue weighted by atomic mass is 9.74. The van der Waals surface area contributed by atoms with Gasteiger partial charge in [0.2, 0.25) is 0 Å². The molecule has 8 nitrogen and oxygen atoms in total. The third-order valence-electron chi connectivity index (χ3n) is 6.80. The van der Waals surface area contributed by atoms with Crippen molar-refractivity contribution in [1.82, 2.24) is 15.1 Å². The van der Waals surface area contributed by atoms with E-state index in [1.54, 1.807) is 14.2 Å². The van der Waals surface area contributed by atoms with E-state index in [1.165, 1.54) is 4.90 Å². The molecule has 4 rings (SSSR count). The molecule has 1 atom stereocenters. The highest BCUT2D eigenvalue weighted by Crippen LogP contribution is 2.37. The summed E-state index contributed by atoms with van der Waals surface area (Å²) in [5.41, 5.74) is -0.00467. The second-order valence-electron chi connectivity index (χ2n) is 8.94. The number of urea groups is 1. The van der Waals surface area contributed by atoms with Crippen LogP contribution in [0.25, 0.3) is 0 Å². The van der Waals surface area contributed by atoms with Crippen molar-refractivity contribution in [3.05, 3.63) is 53.5 Å². The first kappa shape index (κ1) is 23.3. The summed E-state index contributed by atoms with van der Waals surface area (Å²) in [6, 6.07) is 11.4. The number of likely N-dealkylation sites (tertiary alicyclic amines) is 1. The van der Waals surface area contributed by atoms with Crippen molar-refractivity contribution in [3.8, 4) is 5.75 Å². The van der Waals surface area contributed by atoms with E-state index in [1.807, 2.05) is 43.3 Å². The molecule has 2 aliphatic heterocycles. The topological polar surface area (TPSA) is 84.2 Å². The van der Waals surface area contributed by atoms with Crippen LogP contribution in [0.15, 0.2) is 40.8 Å². The zero-order chi connectivity index (χ0) is 23.4. The molecule has 2 saturated heterocycles. The fraction of sp³-hybridized carbons (Fsp3) is 0.520. The van der Waals surface area contributed by atoms with Gasteiger partial charge >= 0.3 is 6.03 Å². The molecule has 1 aromatic carbocycles. The minimum absolute atomic E-state index is 0.0299. The number of aryl methyl sites for hydroxylation is 1. The Hall–Kier alpha value is -2.84. The number of ether oxygens (including phenoxy) is 2.